The van der Waals surface area contributed by atoms with Gasteiger partial charge in [-0.25, -0.2) is 17.6 Å². The van der Waals surface area contributed by atoms with Crippen LogP contribution < -0.4 is 0 Å². The van der Waals surface area contributed by atoms with E-state index in [0.717, 1.165) is 25.9 Å². The highest BCUT2D eigenvalue weighted by Gasteiger charge is 2.42. The van der Waals surface area contributed by atoms with E-state index in [2.05, 4.69) is 11.8 Å². The summed E-state index contributed by atoms with van der Waals surface area (Å²) in [5.41, 5.74) is 0.324. The number of ether oxygens (including phenoxy) is 1. The molecule has 3 fully saturated rings. The Kier molecular flexibility index (Phi) is 9.35. The fourth-order valence-corrected chi connectivity index (χ4v) is 8.59. The second-order valence-corrected chi connectivity index (χ2v) is 13.6. The lowest BCUT2D eigenvalue weighted by Crippen LogP contribution is -2.53. The molecule has 0 aliphatic carbocycles. The lowest BCUT2D eigenvalue weighted by atomic mass is 9.93. The van der Waals surface area contributed by atoms with Crippen molar-refractivity contribution in [2.75, 3.05) is 26.2 Å². The minimum absolute atomic E-state index is 0.0413. The summed E-state index contributed by atoms with van der Waals surface area (Å²) in [6.45, 7) is 4.85. The van der Waals surface area contributed by atoms with Crippen LogP contribution in [0.1, 0.15) is 69.9 Å². The van der Waals surface area contributed by atoms with Crippen molar-refractivity contribution in [3.8, 4) is 0 Å². The molecule has 3 heterocycles. The average Bonchev–Trinajstić information content (AvgIpc) is 2.96. The van der Waals surface area contributed by atoms with Gasteiger partial charge < -0.3 is 14.5 Å². The number of hydrogen-bond acceptors (Lipinski definition) is 5. The Balaban J connectivity index is 1.32. The van der Waals surface area contributed by atoms with Gasteiger partial charge in [0, 0.05) is 29.2 Å². The van der Waals surface area contributed by atoms with Crippen LogP contribution in [0.15, 0.2) is 53.4 Å². The van der Waals surface area contributed by atoms with Gasteiger partial charge in [-0.1, -0.05) is 36.2 Å². The van der Waals surface area contributed by atoms with Gasteiger partial charge in [0.05, 0.1) is 17.0 Å². The zero-order valence-electron chi connectivity index (χ0n) is 23.1. The van der Waals surface area contributed by atoms with Crippen molar-refractivity contribution < 1.29 is 22.3 Å². The molecule has 3 saturated heterocycles. The number of carbonyl (C=O) groups is 1. The molecule has 3 aliphatic heterocycles. The van der Waals surface area contributed by atoms with E-state index >= 15 is 0 Å². The van der Waals surface area contributed by atoms with Crippen LogP contribution in [0.4, 0.5) is 9.18 Å². The van der Waals surface area contributed by atoms with Gasteiger partial charge >= 0.3 is 6.09 Å². The van der Waals surface area contributed by atoms with Gasteiger partial charge in [0.15, 0.2) is 0 Å². The molecule has 4 atom stereocenters. The Morgan fingerprint density at radius 3 is 2.40 bits per heavy atom. The molecule has 2 aromatic carbocycles. The molecule has 3 aliphatic rings. The first-order valence-corrected chi connectivity index (χ1v) is 16.3. The molecule has 0 radical (unpaired) electrons. The van der Waals surface area contributed by atoms with E-state index < -0.39 is 34.0 Å². The standard InChI is InChI=1S/C30H39ClFN3O4S/c1-22-20-24(33-17-5-2-6-18-33)16-19-34(22)30(36)39-21-25-8-7-11-29(27-9-3-4-10-28(27)32)35(25)40(37,38)26-14-12-23(31)13-15-26/h3-4,9-10,12-15,22,24-25,29H,2,5-8,11,16-21H2,1H3/t22?,24?,25-,29+/m0/s1. The Hall–Kier alpha value is -2.20. The van der Waals surface area contributed by atoms with Crippen LogP contribution in [0, 0.1) is 5.82 Å². The highest BCUT2D eigenvalue weighted by molar-refractivity contribution is 7.89. The number of hydrogen-bond donors (Lipinski definition) is 0. The molecular weight excluding hydrogens is 553 g/mol. The fraction of sp³-hybridized carbons (Fsp3) is 0.567. The molecule has 1 amide bonds. The number of nitrogens with zero attached hydrogens (tertiary/aromatic N) is 3. The normalized spacial score (nSPS) is 26.9. The summed E-state index contributed by atoms with van der Waals surface area (Å²) in [5.74, 6) is -0.452. The van der Waals surface area contributed by atoms with E-state index in [-0.39, 0.29) is 17.5 Å². The maximum atomic E-state index is 14.9. The maximum absolute atomic E-state index is 14.9. The zero-order chi connectivity index (χ0) is 28.3. The number of likely N-dealkylation sites (tertiary alicyclic amines) is 2. The van der Waals surface area contributed by atoms with Crippen molar-refractivity contribution in [1.82, 2.24) is 14.1 Å². The third-order valence-electron chi connectivity index (χ3n) is 8.72. The molecule has 2 aromatic rings. The molecule has 5 rings (SSSR count). The molecule has 0 saturated carbocycles. The topological polar surface area (TPSA) is 70.2 Å². The number of carbonyl (C=O) groups excluding carboxylic acids is 1. The van der Waals surface area contributed by atoms with Gasteiger partial charge in [-0.05, 0) is 95.3 Å². The predicted molar refractivity (Wildman–Crippen MR) is 153 cm³/mol. The summed E-state index contributed by atoms with van der Waals surface area (Å²) in [7, 11) is -4.05. The van der Waals surface area contributed by atoms with Crippen LogP contribution in [0.2, 0.25) is 5.02 Å². The van der Waals surface area contributed by atoms with E-state index in [1.54, 1.807) is 23.1 Å². The number of piperidine rings is 3. The van der Waals surface area contributed by atoms with Gasteiger partial charge in [0.25, 0.3) is 0 Å². The fourth-order valence-electron chi connectivity index (χ4n) is 6.63. The van der Waals surface area contributed by atoms with Crippen LogP contribution in [0.3, 0.4) is 0 Å². The highest BCUT2D eigenvalue weighted by atomic mass is 35.5. The first-order valence-electron chi connectivity index (χ1n) is 14.5. The van der Waals surface area contributed by atoms with Crippen LogP contribution in [0.25, 0.3) is 0 Å². The molecule has 0 bridgehead atoms. The van der Waals surface area contributed by atoms with Crippen LogP contribution >= 0.6 is 11.6 Å². The molecule has 218 valence electrons. The van der Waals surface area contributed by atoms with Crippen molar-refractivity contribution in [3.63, 3.8) is 0 Å². The molecule has 0 N–H and O–H groups in total. The quantitative estimate of drug-likeness (QED) is 0.398. The largest absolute Gasteiger partial charge is 0.448 e. The van der Waals surface area contributed by atoms with Crippen LogP contribution in [-0.2, 0) is 14.8 Å². The lowest BCUT2D eigenvalue weighted by Gasteiger charge is -2.43. The van der Waals surface area contributed by atoms with Crippen molar-refractivity contribution >= 4 is 27.7 Å². The summed E-state index contributed by atoms with van der Waals surface area (Å²) in [4.78, 5) is 17.7. The monoisotopic (exact) mass is 591 g/mol. The summed E-state index contributed by atoms with van der Waals surface area (Å²) in [5, 5.41) is 0.423. The molecule has 0 spiro atoms. The summed E-state index contributed by atoms with van der Waals surface area (Å²) < 4.78 is 50.1. The van der Waals surface area contributed by atoms with Gasteiger partial charge in [-0.15, -0.1) is 0 Å². The van der Waals surface area contributed by atoms with E-state index in [1.165, 1.54) is 53.9 Å². The number of benzene rings is 2. The zero-order valence-corrected chi connectivity index (χ0v) is 24.6. The van der Waals surface area contributed by atoms with Crippen molar-refractivity contribution in [2.45, 2.75) is 87.4 Å². The molecule has 0 aromatic heterocycles. The number of halogens is 2. The van der Waals surface area contributed by atoms with Crippen molar-refractivity contribution in [1.29, 1.82) is 0 Å². The van der Waals surface area contributed by atoms with Crippen LogP contribution in [-0.4, -0.2) is 73.0 Å². The second kappa shape index (κ2) is 12.8. The predicted octanol–water partition coefficient (Wildman–Crippen LogP) is 6.24. The van der Waals surface area contributed by atoms with Gasteiger partial charge in [-0.2, -0.15) is 4.31 Å². The smallest absolute Gasteiger partial charge is 0.410 e. The summed E-state index contributed by atoms with van der Waals surface area (Å²) in [6.07, 6.45) is 6.84. The molecule has 40 heavy (non-hydrogen) atoms. The molecular formula is C30H39ClFN3O4S. The van der Waals surface area contributed by atoms with Gasteiger partial charge in [0.2, 0.25) is 10.0 Å². The Morgan fingerprint density at radius 1 is 0.975 bits per heavy atom. The Bertz CT molecular complexity index is 1270. The minimum atomic E-state index is -4.05. The van der Waals surface area contributed by atoms with E-state index in [0.29, 0.717) is 42.4 Å². The first-order chi connectivity index (χ1) is 19.3. The van der Waals surface area contributed by atoms with Crippen molar-refractivity contribution in [2.24, 2.45) is 0 Å². The minimum Gasteiger partial charge on any atom is -0.448 e. The molecule has 7 nitrogen and oxygen atoms in total. The second-order valence-electron chi connectivity index (χ2n) is 11.3. The summed E-state index contributed by atoms with van der Waals surface area (Å²) in [6, 6.07) is 11.5. The third kappa shape index (κ3) is 6.32. The molecule has 2 unspecified atom stereocenters. The summed E-state index contributed by atoms with van der Waals surface area (Å²) >= 11 is 6.02. The molecule has 10 heteroatoms. The van der Waals surface area contributed by atoms with Crippen molar-refractivity contribution in [3.05, 3.63) is 64.9 Å². The first kappa shape index (κ1) is 29.3. The van der Waals surface area contributed by atoms with E-state index in [9.17, 15) is 17.6 Å². The SMILES string of the molecule is CC1CC(N2CCCCC2)CCN1C(=O)OC[C@@H]1CCC[C@H](c2ccccc2F)N1S(=O)(=O)c1ccc(Cl)cc1. The third-order valence-corrected chi connectivity index (χ3v) is 11.0. The van der Waals surface area contributed by atoms with E-state index in [1.807, 2.05) is 0 Å². The number of sulfonamides is 1. The maximum Gasteiger partial charge on any atom is 0.410 e. The Labute approximate surface area is 242 Å². The van der Waals surface area contributed by atoms with Gasteiger partial charge in [0.1, 0.15) is 12.4 Å². The average molecular weight is 592 g/mol. The number of rotatable bonds is 6. The van der Waals surface area contributed by atoms with Gasteiger partial charge in [-0.3, -0.25) is 0 Å². The number of amides is 1. The van der Waals surface area contributed by atoms with Crippen LogP contribution in [0.5, 0.6) is 0 Å². The Morgan fingerprint density at radius 2 is 1.70 bits per heavy atom. The highest BCUT2D eigenvalue weighted by Crippen LogP contribution is 2.40. The van der Waals surface area contributed by atoms with E-state index in [4.69, 9.17) is 16.3 Å². The lowest BCUT2D eigenvalue weighted by molar-refractivity contribution is 0.0280.